The zero-order valence-electron chi connectivity index (χ0n) is 7.80. The fraction of sp³-hybridized carbons (Fsp3) is 0.0909. The fourth-order valence-corrected chi connectivity index (χ4v) is 1.03. The molecule has 0 radical (unpaired) electrons. The van der Waals surface area contributed by atoms with Crippen molar-refractivity contribution in [3.8, 4) is 0 Å². The minimum Gasteiger partial charge on any atom is -0.399 e. The predicted molar refractivity (Wildman–Crippen MR) is 57.8 cm³/mol. The fourth-order valence-electron chi connectivity index (χ4n) is 1.03. The Hall–Kier alpha value is -1.70. The van der Waals surface area contributed by atoms with Gasteiger partial charge >= 0.3 is 0 Å². The number of benzene rings is 1. The Kier molecular flexibility index (Phi) is 2.75. The van der Waals surface area contributed by atoms with Crippen LogP contribution in [0.3, 0.4) is 0 Å². The van der Waals surface area contributed by atoms with Crippen molar-refractivity contribution in [2.75, 3.05) is 7.05 Å². The highest BCUT2D eigenvalue weighted by Crippen LogP contribution is 2.13. The average Bonchev–Trinajstić information content (AvgIpc) is 2.17. The lowest BCUT2D eigenvalue weighted by molar-refractivity contribution is 1.13. The topological polar surface area (TPSA) is 38.0 Å². The van der Waals surface area contributed by atoms with Crippen molar-refractivity contribution in [2.24, 2.45) is 5.73 Å². The van der Waals surface area contributed by atoms with Crippen molar-refractivity contribution in [2.45, 2.75) is 0 Å². The third kappa shape index (κ3) is 2.12. The Morgan fingerprint density at radius 3 is 2.00 bits per heavy atom. The van der Waals surface area contributed by atoms with Gasteiger partial charge in [0.05, 0.1) is 0 Å². The Morgan fingerprint density at radius 2 is 1.62 bits per heavy atom. The highest BCUT2D eigenvalue weighted by Gasteiger charge is 1.97. The van der Waals surface area contributed by atoms with E-state index < -0.39 is 0 Å². The SMILES string of the molecule is C=C(N)c1ccc(C(=C)NC)cc1. The van der Waals surface area contributed by atoms with Gasteiger partial charge in [0.25, 0.3) is 0 Å². The molecule has 0 atom stereocenters. The molecule has 1 aromatic carbocycles. The minimum atomic E-state index is 0.585. The van der Waals surface area contributed by atoms with Crippen molar-refractivity contribution in [3.05, 3.63) is 48.6 Å². The molecule has 0 spiro atoms. The monoisotopic (exact) mass is 174 g/mol. The molecule has 0 aliphatic carbocycles. The average molecular weight is 174 g/mol. The Bertz CT molecular complexity index is 322. The smallest absolute Gasteiger partial charge is 0.0338 e. The zero-order valence-corrected chi connectivity index (χ0v) is 7.80. The van der Waals surface area contributed by atoms with Gasteiger partial charge in [-0.05, 0) is 11.1 Å². The summed E-state index contributed by atoms with van der Waals surface area (Å²) in [6, 6.07) is 7.79. The van der Waals surface area contributed by atoms with Crippen LogP contribution in [0.25, 0.3) is 11.4 Å². The Balaban J connectivity index is 2.93. The van der Waals surface area contributed by atoms with Crippen LogP contribution in [0.2, 0.25) is 0 Å². The van der Waals surface area contributed by atoms with Crippen LogP contribution in [-0.4, -0.2) is 7.05 Å². The van der Waals surface area contributed by atoms with Crippen LogP contribution in [0, 0.1) is 0 Å². The predicted octanol–water partition coefficient (Wildman–Crippen LogP) is 1.81. The van der Waals surface area contributed by atoms with E-state index in [9.17, 15) is 0 Å². The second kappa shape index (κ2) is 3.81. The van der Waals surface area contributed by atoms with Crippen LogP contribution in [-0.2, 0) is 0 Å². The van der Waals surface area contributed by atoms with Gasteiger partial charge in [0, 0.05) is 18.4 Å². The number of nitrogens with one attached hydrogen (secondary N) is 1. The van der Waals surface area contributed by atoms with E-state index in [1.54, 1.807) is 0 Å². The first-order valence-electron chi connectivity index (χ1n) is 4.07. The van der Waals surface area contributed by atoms with Crippen molar-refractivity contribution in [3.63, 3.8) is 0 Å². The maximum absolute atomic E-state index is 5.54. The van der Waals surface area contributed by atoms with Gasteiger partial charge < -0.3 is 11.1 Å². The highest BCUT2D eigenvalue weighted by molar-refractivity contribution is 5.66. The minimum absolute atomic E-state index is 0.585. The molecule has 0 aliphatic heterocycles. The lowest BCUT2D eigenvalue weighted by atomic mass is 10.1. The molecule has 2 heteroatoms. The van der Waals surface area contributed by atoms with Gasteiger partial charge in [-0.25, -0.2) is 0 Å². The number of nitrogens with two attached hydrogens (primary N) is 1. The summed E-state index contributed by atoms with van der Waals surface area (Å²) >= 11 is 0. The van der Waals surface area contributed by atoms with Crippen LogP contribution in [0.4, 0.5) is 0 Å². The third-order valence-corrected chi connectivity index (χ3v) is 1.91. The molecule has 68 valence electrons. The summed E-state index contributed by atoms with van der Waals surface area (Å²) in [5, 5.41) is 2.98. The van der Waals surface area contributed by atoms with E-state index in [2.05, 4.69) is 18.5 Å². The summed E-state index contributed by atoms with van der Waals surface area (Å²) in [4.78, 5) is 0. The second-order valence-corrected chi connectivity index (χ2v) is 2.83. The van der Waals surface area contributed by atoms with Gasteiger partial charge in [0.1, 0.15) is 0 Å². The van der Waals surface area contributed by atoms with Gasteiger partial charge in [0.15, 0.2) is 0 Å². The van der Waals surface area contributed by atoms with Gasteiger partial charge in [-0.15, -0.1) is 0 Å². The summed E-state index contributed by atoms with van der Waals surface area (Å²) < 4.78 is 0. The molecule has 0 saturated heterocycles. The van der Waals surface area contributed by atoms with Crippen molar-refractivity contribution < 1.29 is 0 Å². The summed E-state index contributed by atoms with van der Waals surface area (Å²) in [6.07, 6.45) is 0. The number of hydrogen-bond acceptors (Lipinski definition) is 2. The largest absolute Gasteiger partial charge is 0.399 e. The van der Waals surface area contributed by atoms with Gasteiger partial charge in [0.2, 0.25) is 0 Å². The maximum Gasteiger partial charge on any atom is 0.0338 e. The molecule has 0 bridgehead atoms. The molecule has 0 unspecified atom stereocenters. The van der Waals surface area contributed by atoms with Crippen LogP contribution in [0.1, 0.15) is 11.1 Å². The van der Waals surface area contributed by atoms with Gasteiger partial charge in [-0.3, -0.25) is 0 Å². The molecule has 0 saturated carbocycles. The molecule has 0 heterocycles. The van der Waals surface area contributed by atoms with Crippen molar-refractivity contribution >= 4 is 11.4 Å². The molecule has 1 rings (SSSR count). The molecule has 13 heavy (non-hydrogen) atoms. The van der Waals surface area contributed by atoms with E-state index in [0.29, 0.717) is 5.70 Å². The standard InChI is InChI=1S/C11H14N2/c1-8(12)10-4-6-11(7-5-10)9(2)13-3/h4-7,13H,1-2,12H2,3H3. The Labute approximate surface area is 78.8 Å². The first-order chi connectivity index (χ1) is 6.15. The lowest BCUT2D eigenvalue weighted by Crippen LogP contribution is -2.03. The van der Waals surface area contributed by atoms with Crippen molar-refractivity contribution in [1.82, 2.24) is 5.32 Å². The van der Waals surface area contributed by atoms with E-state index in [0.717, 1.165) is 16.8 Å². The molecule has 3 N–H and O–H groups in total. The first kappa shape index (κ1) is 9.39. The van der Waals surface area contributed by atoms with E-state index in [1.165, 1.54) is 0 Å². The molecule has 0 fully saturated rings. The molecule has 0 aliphatic rings. The quantitative estimate of drug-likeness (QED) is 0.733. The van der Waals surface area contributed by atoms with Crippen LogP contribution in [0.5, 0.6) is 0 Å². The summed E-state index contributed by atoms with van der Waals surface area (Å²) in [5.74, 6) is 0. The highest BCUT2D eigenvalue weighted by atomic mass is 14.8. The zero-order chi connectivity index (χ0) is 9.84. The molecule has 0 amide bonds. The van der Waals surface area contributed by atoms with E-state index in [-0.39, 0.29) is 0 Å². The van der Waals surface area contributed by atoms with Crippen molar-refractivity contribution in [1.29, 1.82) is 0 Å². The third-order valence-electron chi connectivity index (χ3n) is 1.91. The second-order valence-electron chi connectivity index (χ2n) is 2.83. The lowest BCUT2D eigenvalue weighted by Gasteiger charge is -2.05. The molecule has 0 aromatic heterocycles. The maximum atomic E-state index is 5.54. The van der Waals surface area contributed by atoms with E-state index in [4.69, 9.17) is 5.73 Å². The molecule has 2 nitrogen and oxygen atoms in total. The first-order valence-corrected chi connectivity index (χ1v) is 4.07. The summed E-state index contributed by atoms with van der Waals surface area (Å²) in [7, 11) is 1.85. The summed E-state index contributed by atoms with van der Waals surface area (Å²) in [6.45, 7) is 7.51. The normalized spacial score (nSPS) is 9.31. The van der Waals surface area contributed by atoms with Crippen LogP contribution < -0.4 is 11.1 Å². The molecular weight excluding hydrogens is 160 g/mol. The molecule has 1 aromatic rings. The number of hydrogen-bond donors (Lipinski definition) is 2. The summed E-state index contributed by atoms with van der Waals surface area (Å²) in [5.41, 5.74) is 9.04. The Morgan fingerprint density at radius 1 is 1.15 bits per heavy atom. The number of rotatable bonds is 3. The van der Waals surface area contributed by atoms with Gasteiger partial charge in [-0.2, -0.15) is 0 Å². The van der Waals surface area contributed by atoms with E-state index >= 15 is 0 Å². The van der Waals surface area contributed by atoms with E-state index in [1.807, 2.05) is 31.3 Å². The van der Waals surface area contributed by atoms with Gasteiger partial charge in [-0.1, -0.05) is 37.4 Å². The van der Waals surface area contributed by atoms with Crippen LogP contribution >= 0.6 is 0 Å². The van der Waals surface area contributed by atoms with Crippen LogP contribution in [0.15, 0.2) is 37.4 Å². The molecular formula is C11H14N2.